The Labute approximate surface area is 277 Å². The molecule has 2 amide bonds. The highest BCUT2D eigenvalue weighted by Gasteiger charge is 2.35. The van der Waals surface area contributed by atoms with Crippen LogP contribution in [0.4, 0.5) is 5.69 Å². The summed E-state index contributed by atoms with van der Waals surface area (Å²) in [7, 11) is -4.18. The van der Waals surface area contributed by atoms with Gasteiger partial charge in [-0.1, -0.05) is 109 Å². The number of sulfonamides is 1. The third-order valence-electron chi connectivity index (χ3n) is 8.42. The third kappa shape index (κ3) is 8.56. The van der Waals surface area contributed by atoms with Crippen LogP contribution in [0.1, 0.15) is 48.8 Å². The van der Waals surface area contributed by atoms with E-state index in [2.05, 4.69) is 5.32 Å². The lowest BCUT2D eigenvalue weighted by molar-refractivity contribution is -0.140. The maximum absolute atomic E-state index is 14.6. The molecule has 4 aromatic rings. The quantitative estimate of drug-likeness (QED) is 0.179. The predicted octanol–water partition coefficient (Wildman–Crippen LogP) is 6.93. The first-order valence-corrected chi connectivity index (χ1v) is 17.6. The number of nitrogens with zero attached hydrogens (tertiary/aromatic N) is 2. The van der Waals surface area contributed by atoms with E-state index in [-0.39, 0.29) is 29.8 Å². The summed E-state index contributed by atoms with van der Waals surface area (Å²) in [6, 6.07) is 31.0. The lowest BCUT2D eigenvalue weighted by Gasteiger charge is -2.35. The van der Waals surface area contributed by atoms with Crippen molar-refractivity contribution in [3.8, 4) is 0 Å². The van der Waals surface area contributed by atoms with Crippen molar-refractivity contribution in [2.24, 2.45) is 0 Å². The lowest BCUT2D eigenvalue weighted by Crippen LogP contribution is -2.55. The van der Waals surface area contributed by atoms with E-state index in [9.17, 15) is 18.0 Å². The molecular weight excluding hydrogens is 618 g/mol. The van der Waals surface area contributed by atoms with E-state index < -0.39 is 28.5 Å². The predicted molar refractivity (Wildman–Crippen MR) is 183 cm³/mol. The average Bonchev–Trinajstić information content (AvgIpc) is 3.07. The molecule has 240 valence electrons. The molecule has 0 aromatic heterocycles. The Morgan fingerprint density at radius 1 is 0.804 bits per heavy atom. The van der Waals surface area contributed by atoms with Crippen molar-refractivity contribution in [2.75, 3.05) is 10.8 Å². The highest BCUT2D eigenvalue weighted by molar-refractivity contribution is 7.92. The number of amides is 2. The Hall–Kier alpha value is -4.14. The van der Waals surface area contributed by atoms with Gasteiger partial charge in [0.1, 0.15) is 12.6 Å². The Morgan fingerprint density at radius 3 is 2.04 bits per heavy atom. The van der Waals surface area contributed by atoms with Gasteiger partial charge in [-0.3, -0.25) is 13.9 Å². The number of nitrogens with one attached hydrogen (secondary N) is 1. The van der Waals surface area contributed by atoms with Gasteiger partial charge in [-0.05, 0) is 67.3 Å². The van der Waals surface area contributed by atoms with Crippen LogP contribution >= 0.6 is 11.6 Å². The number of hydrogen-bond donors (Lipinski definition) is 1. The fraction of sp³-hybridized carbons (Fsp3) is 0.297. The maximum atomic E-state index is 14.6. The molecule has 7 nitrogen and oxygen atoms in total. The minimum Gasteiger partial charge on any atom is -0.352 e. The topological polar surface area (TPSA) is 86.8 Å². The second kappa shape index (κ2) is 15.4. The SMILES string of the molecule is Cc1ccc(CN(C(=O)CN(c2ccccc2)S(=O)(=O)c2ccc(Cl)cc2)[C@H](Cc2ccccc2)C(=O)NC2CCCCC2)cc1. The minimum absolute atomic E-state index is 0.00881. The lowest BCUT2D eigenvalue weighted by atomic mass is 9.94. The number of carbonyl (C=O) groups is 2. The van der Waals surface area contributed by atoms with Crippen LogP contribution in [0.3, 0.4) is 0 Å². The molecule has 9 heteroatoms. The van der Waals surface area contributed by atoms with Gasteiger partial charge in [-0.25, -0.2) is 8.42 Å². The molecular formula is C37H40ClN3O4S. The summed E-state index contributed by atoms with van der Waals surface area (Å²) in [6.45, 7) is 1.63. The molecule has 0 unspecified atom stereocenters. The van der Waals surface area contributed by atoms with Gasteiger partial charge in [0.05, 0.1) is 10.6 Å². The summed E-state index contributed by atoms with van der Waals surface area (Å²) in [4.78, 5) is 30.3. The van der Waals surface area contributed by atoms with Crippen LogP contribution in [0.2, 0.25) is 5.02 Å². The largest absolute Gasteiger partial charge is 0.352 e. The molecule has 0 radical (unpaired) electrons. The number of para-hydroxylation sites is 1. The molecule has 0 heterocycles. The fourth-order valence-corrected chi connectivity index (χ4v) is 7.39. The Balaban J connectivity index is 1.54. The zero-order valence-electron chi connectivity index (χ0n) is 26.0. The molecule has 0 spiro atoms. The molecule has 1 aliphatic rings. The molecule has 0 saturated heterocycles. The van der Waals surface area contributed by atoms with Crippen molar-refractivity contribution in [3.05, 3.63) is 131 Å². The zero-order valence-corrected chi connectivity index (χ0v) is 27.6. The van der Waals surface area contributed by atoms with Crippen LogP contribution in [0.25, 0.3) is 0 Å². The van der Waals surface area contributed by atoms with Crippen molar-refractivity contribution in [3.63, 3.8) is 0 Å². The van der Waals surface area contributed by atoms with Gasteiger partial charge in [-0.15, -0.1) is 0 Å². The van der Waals surface area contributed by atoms with Gasteiger partial charge in [0, 0.05) is 24.0 Å². The Kier molecular flexibility index (Phi) is 11.1. The van der Waals surface area contributed by atoms with Crippen LogP contribution in [0.15, 0.2) is 114 Å². The smallest absolute Gasteiger partial charge is 0.264 e. The molecule has 1 atom stereocenters. The van der Waals surface area contributed by atoms with Crippen molar-refractivity contribution in [2.45, 2.75) is 69.0 Å². The molecule has 1 aliphatic carbocycles. The summed E-state index contributed by atoms with van der Waals surface area (Å²) < 4.78 is 29.3. The number of anilines is 1. The second-order valence-corrected chi connectivity index (χ2v) is 14.2. The van der Waals surface area contributed by atoms with E-state index in [0.29, 0.717) is 10.7 Å². The summed E-state index contributed by atoms with van der Waals surface area (Å²) in [5.74, 6) is -0.718. The van der Waals surface area contributed by atoms with E-state index in [4.69, 9.17) is 11.6 Å². The monoisotopic (exact) mass is 657 g/mol. The molecule has 1 fully saturated rings. The standard InChI is InChI=1S/C37H40ClN3O4S/c1-28-17-19-30(20-18-28)26-40(35(25-29-11-5-2-6-12-29)37(43)39-32-13-7-3-8-14-32)36(42)27-41(33-15-9-4-10-16-33)46(44,45)34-23-21-31(38)22-24-34/h2,4-6,9-12,15-24,32,35H,3,7-8,13-14,25-27H2,1H3,(H,39,43)/t35-/m1/s1. The zero-order chi connectivity index (χ0) is 32.5. The first-order valence-electron chi connectivity index (χ1n) is 15.7. The average molecular weight is 658 g/mol. The summed E-state index contributed by atoms with van der Waals surface area (Å²) >= 11 is 6.06. The summed E-state index contributed by atoms with van der Waals surface area (Å²) in [6.07, 6.45) is 5.33. The van der Waals surface area contributed by atoms with Crippen LogP contribution in [0.5, 0.6) is 0 Å². The molecule has 5 rings (SSSR count). The van der Waals surface area contributed by atoms with E-state index in [1.165, 1.54) is 24.3 Å². The first-order chi connectivity index (χ1) is 22.2. The van der Waals surface area contributed by atoms with Gasteiger partial charge >= 0.3 is 0 Å². The van der Waals surface area contributed by atoms with Crippen molar-refractivity contribution >= 4 is 39.1 Å². The number of aryl methyl sites for hydroxylation is 1. The molecule has 1 N–H and O–H groups in total. The molecule has 1 saturated carbocycles. The second-order valence-electron chi connectivity index (χ2n) is 11.9. The van der Waals surface area contributed by atoms with Gasteiger partial charge < -0.3 is 10.2 Å². The van der Waals surface area contributed by atoms with Crippen LogP contribution in [-0.4, -0.2) is 43.8 Å². The van der Waals surface area contributed by atoms with Gasteiger partial charge in [0.15, 0.2) is 0 Å². The van der Waals surface area contributed by atoms with E-state index in [1.54, 1.807) is 35.2 Å². The van der Waals surface area contributed by atoms with Crippen molar-refractivity contribution in [1.29, 1.82) is 0 Å². The number of benzene rings is 4. The Bertz CT molecular complexity index is 1690. The molecule has 46 heavy (non-hydrogen) atoms. The Morgan fingerprint density at radius 2 is 1.41 bits per heavy atom. The number of hydrogen-bond acceptors (Lipinski definition) is 4. The molecule has 0 bridgehead atoms. The van der Waals surface area contributed by atoms with Crippen molar-refractivity contribution < 1.29 is 18.0 Å². The van der Waals surface area contributed by atoms with Gasteiger partial charge in [-0.2, -0.15) is 0 Å². The number of halogens is 1. The number of rotatable bonds is 12. The molecule has 4 aromatic carbocycles. The van der Waals surface area contributed by atoms with Crippen LogP contribution < -0.4 is 9.62 Å². The van der Waals surface area contributed by atoms with Crippen molar-refractivity contribution in [1.82, 2.24) is 10.2 Å². The summed E-state index contributed by atoms with van der Waals surface area (Å²) in [5, 5.41) is 3.64. The third-order valence-corrected chi connectivity index (χ3v) is 10.5. The minimum atomic E-state index is -4.18. The van der Waals surface area contributed by atoms with Crippen LogP contribution in [-0.2, 0) is 32.6 Å². The first kappa shape index (κ1) is 33.2. The highest BCUT2D eigenvalue weighted by atomic mass is 35.5. The van der Waals surface area contributed by atoms with E-state index >= 15 is 0 Å². The van der Waals surface area contributed by atoms with E-state index in [0.717, 1.165) is 53.1 Å². The van der Waals surface area contributed by atoms with Crippen LogP contribution in [0, 0.1) is 6.92 Å². The number of carbonyl (C=O) groups excluding carboxylic acids is 2. The fourth-order valence-electron chi connectivity index (χ4n) is 5.85. The normalized spacial score (nSPS) is 14.3. The van der Waals surface area contributed by atoms with Gasteiger partial charge in [0.25, 0.3) is 10.0 Å². The van der Waals surface area contributed by atoms with E-state index in [1.807, 2.05) is 61.5 Å². The maximum Gasteiger partial charge on any atom is 0.264 e. The van der Waals surface area contributed by atoms with Gasteiger partial charge in [0.2, 0.25) is 11.8 Å². The summed E-state index contributed by atoms with van der Waals surface area (Å²) in [5.41, 5.74) is 3.16. The highest BCUT2D eigenvalue weighted by Crippen LogP contribution is 2.26. The molecule has 0 aliphatic heterocycles.